The first-order valence-electron chi connectivity index (χ1n) is 10.2. The Labute approximate surface area is 195 Å². The van der Waals surface area contributed by atoms with Crippen molar-refractivity contribution in [3.05, 3.63) is 44.7 Å². The number of nitrogens with zero attached hydrogens (tertiary/aromatic N) is 3. The predicted molar refractivity (Wildman–Crippen MR) is 129 cm³/mol. The Morgan fingerprint density at radius 2 is 2.12 bits per heavy atom. The summed E-state index contributed by atoms with van der Waals surface area (Å²) in [6.45, 7) is 3.73. The number of aromatic nitrogens is 2. The van der Waals surface area contributed by atoms with Crippen molar-refractivity contribution < 1.29 is 19.4 Å². The monoisotopic (exact) mass is 478 g/mol. The molecule has 0 atom stereocenters. The minimum Gasteiger partial charge on any atom is -0.394 e. The number of anilines is 1. The third-order valence-corrected chi connectivity index (χ3v) is 6.12. The van der Waals surface area contributed by atoms with Gasteiger partial charge < -0.3 is 19.9 Å². The Kier molecular flexibility index (Phi) is 8.76. The Hall–Kier alpha value is -2.31. The maximum atomic E-state index is 13.3. The number of methoxy groups -OCH3 is 1. The van der Waals surface area contributed by atoms with Crippen LogP contribution < -0.4 is 10.9 Å². The van der Waals surface area contributed by atoms with Gasteiger partial charge in [-0.3, -0.25) is 18.9 Å². The Balaban J connectivity index is 1.96. The molecule has 1 aliphatic heterocycles. The van der Waals surface area contributed by atoms with Crippen LogP contribution in [-0.2, 0) is 14.3 Å². The average molecular weight is 479 g/mol. The second-order valence-electron chi connectivity index (χ2n) is 7.01. The number of aryl methyl sites for hydroxylation is 1. The lowest BCUT2D eigenvalue weighted by molar-refractivity contribution is -0.122. The van der Waals surface area contributed by atoms with Crippen molar-refractivity contribution in [3.8, 4) is 0 Å². The molecule has 1 saturated heterocycles. The number of thioether (sulfide) groups is 1. The summed E-state index contributed by atoms with van der Waals surface area (Å²) in [5.41, 5.74) is 1.36. The molecule has 0 unspecified atom stereocenters. The maximum absolute atomic E-state index is 13.3. The van der Waals surface area contributed by atoms with Gasteiger partial charge in [0.2, 0.25) is 0 Å². The minimum absolute atomic E-state index is 0.0633. The van der Waals surface area contributed by atoms with Gasteiger partial charge in [0, 0.05) is 33.0 Å². The number of aliphatic hydroxyl groups is 1. The highest BCUT2D eigenvalue weighted by atomic mass is 32.2. The molecule has 1 fully saturated rings. The molecular weight excluding hydrogens is 452 g/mol. The van der Waals surface area contributed by atoms with E-state index in [0.29, 0.717) is 53.4 Å². The van der Waals surface area contributed by atoms with Crippen molar-refractivity contribution in [2.24, 2.45) is 0 Å². The van der Waals surface area contributed by atoms with Crippen molar-refractivity contribution in [1.82, 2.24) is 14.3 Å². The third kappa shape index (κ3) is 5.54. The molecule has 11 heteroatoms. The molecule has 1 amide bonds. The lowest BCUT2D eigenvalue weighted by atomic mass is 10.2. The largest absolute Gasteiger partial charge is 0.394 e. The number of carbonyl (C=O) groups is 1. The normalized spacial score (nSPS) is 15.3. The molecule has 2 aromatic rings. The highest BCUT2D eigenvalue weighted by molar-refractivity contribution is 8.26. The van der Waals surface area contributed by atoms with Crippen molar-refractivity contribution in [2.45, 2.75) is 13.3 Å². The summed E-state index contributed by atoms with van der Waals surface area (Å²) in [6.07, 6.45) is 3.87. The minimum atomic E-state index is -0.290. The number of aliphatic hydroxyl groups excluding tert-OH is 1. The maximum Gasteiger partial charge on any atom is 0.267 e. The number of nitrogens with one attached hydrogen (secondary N) is 1. The summed E-state index contributed by atoms with van der Waals surface area (Å²) in [4.78, 5) is 32.7. The van der Waals surface area contributed by atoms with Gasteiger partial charge in [0.25, 0.3) is 11.5 Å². The number of carbonyl (C=O) groups excluding carboxylic acids is 1. The van der Waals surface area contributed by atoms with Crippen molar-refractivity contribution >= 4 is 51.7 Å². The van der Waals surface area contributed by atoms with E-state index >= 15 is 0 Å². The highest BCUT2D eigenvalue weighted by Crippen LogP contribution is 2.33. The molecule has 9 nitrogen and oxygen atoms in total. The molecule has 32 heavy (non-hydrogen) atoms. The number of fused-ring (bicyclic) bond motifs is 1. The fourth-order valence-electron chi connectivity index (χ4n) is 3.18. The summed E-state index contributed by atoms with van der Waals surface area (Å²) in [5, 5.41) is 12.0. The number of hydrogen-bond donors (Lipinski definition) is 2. The van der Waals surface area contributed by atoms with Gasteiger partial charge in [-0.25, -0.2) is 4.98 Å². The molecule has 0 aromatic carbocycles. The van der Waals surface area contributed by atoms with E-state index < -0.39 is 0 Å². The summed E-state index contributed by atoms with van der Waals surface area (Å²) >= 11 is 6.53. The molecule has 1 aliphatic rings. The van der Waals surface area contributed by atoms with Gasteiger partial charge in [0.05, 0.1) is 30.3 Å². The number of ether oxygens (including phenoxy) is 2. The Morgan fingerprint density at radius 3 is 2.88 bits per heavy atom. The molecule has 2 N–H and O–H groups in total. The number of rotatable bonds is 11. The molecule has 0 spiro atoms. The van der Waals surface area contributed by atoms with Gasteiger partial charge in [-0.15, -0.1) is 0 Å². The number of amides is 1. The molecule has 0 bridgehead atoms. The van der Waals surface area contributed by atoms with Crippen molar-refractivity contribution in [3.63, 3.8) is 0 Å². The van der Waals surface area contributed by atoms with E-state index in [1.807, 2.05) is 13.0 Å². The van der Waals surface area contributed by atoms with Crippen LogP contribution in [0.2, 0.25) is 0 Å². The fourth-order valence-corrected chi connectivity index (χ4v) is 4.47. The molecule has 3 rings (SSSR count). The first kappa shape index (κ1) is 24.3. The number of hydrogen-bond acceptors (Lipinski definition) is 9. The van der Waals surface area contributed by atoms with E-state index in [-0.39, 0.29) is 30.2 Å². The van der Waals surface area contributed by atoms with Gasteiger partial charge >= 0.3 is 0 Å². The first-order valence-corrected chi connectivity index (χ1v) is 11.4. The van der Waals surface area contributed by atoms with E-state index in [2.05, 4.69) is 10.3 Å². The van der Waals surface area contributed by atoms with Gasteiger partial charge in [-0.1, -0.05) is 30.0 Å². The molecule has 0 saturated carbocycles. The number of pyridine rings is 1. The topological polar surface area (TPSA) is 105 Å². The van der Waals surface area contributed by atoms with E-state index in [1.165, 1.54) is 21.1 Å². The summed E-state index contributed by atoms with van der Waals surface area (Å²) in [7, 11) is 1.61. The van der Waals surface area contributed by atoms with E-state index in [1.54, 1.807) is 25.4 Å². The van der Waals surface area contributed by atoms with Gasteiger partial charge in [0.15, 0.2) is 0 Å². The molecule has 0 aliphatic carbocycles. The van der Waals surface area contributed by atoms with Crippen LogP contribution in [0.15, 0.2) is 28.0 Å². The van der Waals surface area contributed by atoms with E-state index in [9.17, 15) is 9.59 Å². The zero-order valence-electron chi connectivity index (χ0n) is 18.0. The van der Waals surface area contributed by atoms with Gasteiger partial charge in [-0.2, -0.15) is 0 Å². The van der Waals surface area contributed by atoms with Crippen molar-refractivity contribution in [2.75, 3.05) is 51.9 Å². The quantitative estimate of drug-likeness (QED) is 0.283. The predicted octanol–water partition coefficient (Wildman–Crippen LogP) is 1.66. The van der Waals surface area contributed by atoms with E-state index in [4.69, 9.17) is 26.8 Å². The molecular formula is C21H26N4O5S2. The molecule has 2 aromatic heterocycles. The van der Waals surface area contributed by atoms with Crippen LogP contribution in [0.1, 0.15) is 17.5 Å². The highest BCUT2D eigenvalue weighted by Gasteiger charge is 2.32. The molecule has 172 valence electrons. The van der Waals surface area contributed by atoms with E-state index in [0.717, 1.165) is 5.56 Å². The fraction of sp³-hybridized carbons (Fsp3) is 0.429. The average Bonchev–Trinajstić information content (AvgIpc) is 3.04. The summed E-state index contributed by atoms with van der Waals surface area (Å²) < 4.78 is 12.3. The Bertz CT molecular complexity index is 1090. The van der Waals surface area contributed by atoms with Crippen molar-refractivity contribution in [1.29, 1.82) is 0 Å². The first-order chi connectivity index (χ1) is 15.5. The van der Waals surface area contributed by atoms with Crippen LogP contribution in [0.3, 0.4) is 0 Å². The van der Waals surface area contributed by atoms with Crippen LogP contribution >= 0.6 is 24.0 Å². The van der Waals surface area contributed by atoms with Crippen LogP contribution in [0, 0.1) is 6.92 Å². The molecule has 0 radical (unpaired) electrons. The third-order valence-electron chi connectivity index (χ3n) is 4.74. The smallest absolute Gasteiger partial charge is 0.267 e. The lowest BCUT2D eigenvalue weighted by Crippen LogP contribution is -2.29. The van der Waals surface area contributed by atoms with Crippen LogP contribution in [0.5, 0.6) is 0 Å². The SMILES string of the molecule is COCCCN1C(=O)C(=Cc2c(NCCOCCO)nc3c(C)cccn3c2=O)SC1=S. The molecule has 3 heterocycles. The second kappa shape index (κ2) is 11.5. The van der Waals surface area contributed by atoms with Gasteiger partial charge in [0.1, 0.15) is 15.8 Å². The number of thiocarbonyl (C=S) groups is 1. The summed E-state index contributed by atoms with van der Waals surface area (Å²) in [5.74, 6) is 0.128. The lowest BCUT2D eigenvalue weighted by Gasteiger charge is -2.14. The van der Waals surface area contributed by atoms with Crippen LogP contribution in [0.25, 0.3) is 11.7 Å². The van der Waals surface area contributed by atoms with Gasteiger partial charge in [-0.05, 0) is 31.1 Å². The zero-order chi connectivity index (χ0) is 23.1. The zero-order valence-corrected chi connectivity index (χ0v) is 19.6. The van der Waals surface area contributed by atoms with Crippen LogP contribution in [0.4, 0.5) is 5.82 Å². The van der Waals surface area contributed by atoms with Crippen LogP contribution in [-0.4, -0.2) is 76.2 Å². The standard InChI is InChI=1S/C21H26N4O5S2/c1-14-5-3-7-24-18(14)23-17(22-6-11-30-12-9-26)15(19(24)27)13-16-20(28)25(21(31)32-16)8-4-10-29-2/h3,5,7,13,22,26H,4,6,8-12H2,1-2H3. The second-order valence-corrected chi connectivity index (χ2v) is 8.68. The Morgan fingerprint density at radius 1 is 1.31 bits per heavy atom. The summed E-state index contributed by atoms with van der Waals surface area (Å²) in [6, 6.07) is 3.65.